The molecular weight excluding hydrogens is 338 g/mol. The summed E-state index contributed by atoms with van der Waals surface area (Å²) in [7, 11) is 0. The fourth-order valence-electron chi connectivity index (χ4n) is 3.25. The van der Waals surface area contributed by atoms with Crippen molar-refractivity contribution in [2.45, 2.75) is 25.8 Å². The van der Waals surface area contributed by atoms with Crippen molar-refractivity contribution >= 4 is 22.7 Å². The number of hydrogen-bond acceptors (Lipinski definition) is 4. The quantitative estimate of drug-likeness (QED) is 0.820. The fourth-order valence-corrected chi connectivity index (χ4v) is 3.51. The van der Waals surface area contributed by atoms with E-state index in [0.29, 0.717) is 36.2 Å². The van der Waals surface area contributed by atoms with Crippen molar-refractivity contribution in [1.82, 2.24) is 4.90 Å². The van der Waals surface area contributed by atoms with Gasteiger partial charge in [0.25, 0.3) is 5.91 Å². The van der Waals surface area contributed by atoms with Crippen LogP contribution in [0.25, 0.3) is 0 Å². The van der Waals surface area contributed by atoms with Crippen molar-refractivity contribution in [3.63, 3.8) is 0 Å². The van der Waals surface area contributed by atoms with Crippen LogP contribution in [-0.2, 0) is 16.1 Å². The molecule has 5 nitrogen and oxygen atoms in total. The Morgan fingerprint density at radius 3 is 2.72 bits per heavy atom. The minimum atomic E-state index is -0.124. The maximum atomic E-state index is 12.6. The third-order valence-corrected chi connectivity index (χ3v) is 5.13. The highest BCUT2D eigenvalue weighted by atomic mass is 35.5. The summed E-state index contributed by atoms with van der Waals surface area (Å²) in [5, 5.41) is 0.348. The summed E-state index contributed by atoms with van der Waals surface area (Å²) in [5.41, 5.74) is 8.07. The topological polar surface area (TPSA) is 67.9 Å². The van der Waals surface area contributed by atoms with E-state index in [2.05, 4.69) is 4.99 Å². The van der Waals surface area contributed by atoms with Gasteiger partial charge >= 0.3 is 0 Å². The van der Waals surface area contributed by atoms with E-state index in [-0.39, 0.29) is 11.6 Å². The molecule has 0 saturated carbocycles. The summed E-state index contributed by atoms with van der Waals surface area (Å²) in [6, 6.07) is 9.87. The van der Waals surface area contributed by atoms with Crippen LogP contribution in [0.4, 0.5) is 0 Å². The highest BCUT2D eigenvalue weighted by Crippen LogP contribution is 2.23. The van der Waals surface area contributed by atoms with Crippen LogP contribution in [0, 0.1) is 5.92 Å². The van der Waals surface area contributed by atoms with Crippen LogP contribution in [0.3, 0.4) is 0 Å². The molecule has 0 atom stereocenters. The minimum absolute atomic E-state index is 0.124. The molecule has 2 aliphatic heterocycles. The Bertz CT molecular complexity index is 667. The Morgan fingerprint density at radius 1 is 1.28 bits per heavy atom. The minimum Gasteiger partial charge on any atom is -0.394 e. The van der Waals surface area contributed by atoms with Crippen LogP contribution in [0.2, 0.25) is 0 Å². The molecule has 0 spiro atoms. The number of halogens is 1. The summed E-state index contributed by atoms with van der Waals surface area (Å²) < 4.78 is 5.38. The normalized spacial score (nSPS) is 20.3. The number of amides is 1. The van der Waals surface area contributed by atoms with Gasteiger partial charge in [-0.15, -0.1) is 0 Å². The van der Waals surface area contributed by atoms with E-state index in [1.807, 2.05) is 35.2 Å². The standard InChI is InChI=1S/C19H24ClN3O2/c20-18(22-12-14-4-2-1-3-5-14)16-6-9-23(19(24)17(16)21)13-15-7-10-25-11-8-15/h1-5,15H,6-13,21H2. The number of hydrogen-bond donors (Lipinski definition) is 1. The number of nitrogens with zero attached hydrogens (tertiary/aromatic N) is 2. The summed E-state index contributed by atoms with van der Waals surface area (Å²) in [6.45, 7) is 3.43. The van der Waals surface area contributed by atoms with Crippen molar-refractivity contribution in [2.24, 2.45) is 16.6 Å². The maximum absolute atomic E-state index is 12.6. The molecule has 0 aliphatic carbocycles. The van der Waals surface area contributed by atoms with Gasteiger partial charge in [-0.05, 0) is 30.7 Å². The van der Waals surface area contributed by atoms with Gasteiger partial charge in [-0.3, -0.25) is 9.79 Å². The van der Waals surface area contributed by atoms with E-state index in [4.69, 9.17) is 22.1 Å². The van der Waals surface area contributed by atoms with Gasteiger partial charge in [0.1, 0.15) is 10.9 Å². The Hall–Kier alpha value is -1.85. The first-order chi connectivity index (χ1) is 12.1. The number of benzene rings is 1. The summed E-state index contributed by atoms with van der Waals surface area (Å²) in [6.07, 6.45) is 2.65. The van der Waals surface area contributed by atoms with E-state index < -0.39 is 0 Å². The molecule has 1 fully saturated rings. The van der Waals surface area contributed by atoms with Crippen molar-refractivity contribution in [3.05, 3.63) is 47.2 Å². The highest BCUT2D eigenvalue weighted by Gasteiger charge is 2.29. The first-order valence-corrected chi connectivity index (χ1v) is 9.13. The van der Waals surface area contributed by atoms with Crippen molar-refractivity contribution in [3.8, 4) is 0 Å². The largest absolute Gasteiger partial charge is 0.394 e. The van der Waals surface area contributed by atoms with Gasteiger partial charge in [-0.2, -0.15) is 0 Å². The average molecular weight is 362 g/mol. The van der Waals surface area contributed by atoms with Crippen LogP contribution >= 0.6 is 11.6 Å². The van der Waals surface area contributed by atoms with Crippen LogP contribution in [0.1, 0.15) is 24.8 Å². The number of rotatable bonds is 5. The molecule has 134 valence electrons. The first kappa shape index (κ1) is 18.0. The molecule has 0 unspecified atom stereocenters. The van der Waals surface area contributed by atoms with Gasteiger partial charge in [-0.1, -0.05) is 41.9 Å². The van der Waals surface area contributed by atoms with E-state index in [1.54, 1.807) is 0 Å². The molecular formula is C19H24ClN3O2. The molecule has 6 heteroatoms. The van der Waals surface area contributed by atoms with Gasteiger partial charge < -0.3 is 15.4 Å². The lowest BCUT2D eigenvalue weighted by Crippen LogP contribution is -2.44. The van der Waals surface area contributed by atoms with Gasteiger partial charge in [0.15, 0.2) is 0 Å². The fraction of sp³-hybridized carbons (Fsp3) is 0.474. The van der Waals surface area contributed by atoms with Gasteiger partial charge in [0.05, 0.1) is 6.54 Å². The first-order valence-electron chi connectivity index (χ1n) is 8.75. The number of nitrogens with two attached hydrogens (primary N) is 1. The van der Waals surface area contributed by atoms with Crippen LogP contribution in [-0.4, -0.2) is 42.3 Å². The number of ether oxygens (including phenoxy) is 1. The SMILES string of the molecule is NC1=C(C(Cl)=NCc2ccccc2)CCN(CC2CCOCC2)C1=O. The lowest BCUT2D eigenvalue weighted by atomic mass is 9.97. The smallest absolute Gasteiger partial charge is 0.270 e. The third-order valence-electron chi connectivity index (χ3n) is 4.79. The third kappa shape index (κ3) is 4.61. The lowest BCUT2D eigenvalue weighted by molar-refractivity contribution is -0.129. The zero-order valence-corrected chi connectivity index (χ0v) is 15.0. The molecule has 1 aromatic rings. The van der Waals surface area contributed by atoms with Gasteiger partial charge in [-0.25, -0.2) is 0 Å². The highest BCUT2D eigenvalue weighted by molar-refractivity contribution is 6.69. The Labute approximate surface area is 153 Å². The summed E-state index contributed by atoms with van der Waals surface area (Å²) >= 11 is 6.33. The summed E-state index contributed by atoms with van der Waals surface area (Å²) in [4.78, 5) is 18.8. The van der Waals surface area contributed by atoms with E-state index in [9.17, 15) is 4.79 Å². The Balaban J connectivity index is 1.64. The zero-order chi connectivity index (χ0) is 17.6. The second kappa shape index (κ2) is 8.50. The second-order valence-electron chi connectivity index (χ2n) is 6.54. The van der Waals surface area contributed by atoms with Crippen LogP contribution in [0.5, 0.6) is 0 Å². The molecule has 3 rings (SSSR count). The molecule has 2 heterocycles. The van der Waals surface area contributed by atoms with Crippen LogP contribution < -0.4 is 5.73 Å². The molecule has 0 bridgehead atoms. The van der Waals surface area contributed by atoms with Crippen molar-refractivity contribution in [1.29, 1.82) is 0 Å². The van der Waals surface area contributed by atoms with Crippen molar-refractivity contribution in [2.75, 3.05) is 26.3 Å². The van der Waals surface area contributed by atoms with Crippen molar-refractivity contribution < 1.29 is 9.53 Å². The zero-order valence-electron chi connectivity index (χ0n) is 14.3. The lowest BCUT2D eigenvalue weighted by Gasteiger charge is -2.33. The molecule has 1 amide bonds. The van der Waals surface area contributed by atoms with E-state index in [0.717, 1.165) is 38.2 Å². The molecule has 1 saturated heterocycles. The molecule has 0 aromatic heterocycles. The Morgan fingerprint density at radius 2 is 2.00 bits per heavy atom. The predicted molar refractivity (Wildman–Crippen MR) is 99.4 cm³/mol. The summed E-state index contributed by atoms with van der Waals surface area (Å²) in [5.74, 6) is 0.370. The number of carbonyl (C=O) groups is 1. The number of aliphatic imine (C=N–C) groups is 1. The molecule has 0 radical (unpaired) electrons. The molecule has 2 aliphatic rings. The molecule has 25 heavy (non-hydrogen) atoms. The maximum Gasteiger partial charge on any atom is 0.270 e. The monoisotopic (exact) mass is 361 g/mol. The average Bonchev–Trinajstić information content (AvgIpc) is 2.65. The molecule has 2 N–H and O–H groups in total. The van der Waals surface area contributed by atoms with Gasteiger partial charge in [0.2, 0.25) is 0 Å². The van der Waals surface area contributed by atoms with Crippen LogP contribution in [0.15, 0.2) is 46.6 Å². The second-order valence-corrected chi connectivity index (χ2v) is 6.90. The predicted octanol–water partition coefficient (Wildman–Crippen LogP) is 2.70. The molecule has 1 aromatic carbocycles. The number of carbonyl (C=O) groups excluding carboxylic acids is 1. The Kier molecular flexibility index (Phi) is 6.10. The van der Waals surface area contributed by atoms with E-state index >= 15 is 0 Å². The van der Waals surface area contributed by atoms with E-state index in [1.165, 1.54) is 0 Å². The van der Waals surface area contributed by atoms with Gasteiger partial charge in [0, 0.05) is 31.9 Å².